The molecule has 0 aliphatic rings. The van der Waals surface area contributed by atoms with E-state index >= 15 is 0 Å². The standard InChI is InChI=1S/C13H21Br/c1-3-4-5-6-7-8-9-10-11-12-13(2)14/h2-7,10-12H2,1H3. The Balaban J connectivity index is 3.14. The molecular formula is C13H21Br. The SMILES string of the molecule is C=C(Br)CCCC#CCCCCCC. The van der Waals surface area contributed by atoms with Crippen molar-refractivity contribution in [2.75, 3.05) is 0 Å². The Morgan fingerprint density at radius 2 is 1.71 bits per heavy atom. The predicted octanol–water partition coefficient (Wildman–Crippen LogP) is 5.04. The molecule has 0 unspecified atom stereocenters. The van der Waals surface area contributed by atoms with Crippen LogP contribution in [0.4, 0.5) is 0 Å². The van der Waals surface area contributed by atoms with Crippen LogP contribution in [0.2, 0.25) is 0 Å². The van der Waals surface area contributed by atoms with Gasteiger partial charge in [0, 0.05) is 12.8 Å². The lowest BCUT2D eigenvalue weighted by molar-refractivity contribution is 0.679. The van der Waals surface area contributed by atoms with E-state index in [-0.39, 0.29) is 0 Å². The molecule has 80 valence electrons. The van der Waals surface area contributed by atoms with Crippen molar-refractivity contribution >= 4 is 15.9 Å². The molecule has 0 atom stereocenters. The van der Waals surface area contributed by atoms with Crippen LogP contribution in [-0.2, 0) is 0 Å². The van der Waals surface area contributed by atoms with E-state index in [1.165, 1.54) is 25.7 Å². The van der Waals surface area contributed by atoms with E-state index in [9.17, 15) is 0 Å². The molecule has 0 saturated heterocycles. The Bertz CT molecular complexity index is 195. The van der Waals surface area contributed by atoms with E-state index in [2.05, 4.69) is 41.3 Å². The normalized spacial score (nSPS) is 9.29. The Morgan fingerprint density at radius 1 is 1.07 bits per heavy atom. The van der Waals surface area contributed by atoms with Gasteiger partial charge in [-0.05, 0) is 23.7 Å². The minimum Gasteiger partial charge on any atom is -0.103 e. The highest BCUT2D eigenvalue weighted by molar-refractivity contribution is 9.11. The van der Waals surface area contributed by atoms with Crippen LogP contribution in [0.15, 0.2) is 11.1 Å². The molecule has 0 rings (SSSR count). The van der Waals surface area contributed by atoms with E-state index in [4.69, 9.17) is 0 Å². The lowest BCUT2D eigenvalue weighted by Gasteiger charge is -1.93. The highest BCUT2D eigenvalue weighted by Crippen LogP contribution is 2.10. The number of unbranched alkanes of at least 4 members (excludes halogenated alkanes) is 5. The van der Waals surface area contributed by atoms with Gasteiger partial charge in [-0.15, -0.1) is 11.8 Å². The average molecular weight is 257 g/mol. The summed E-state index contributed by atoms with van der Waals surface area (Å²) >= 11 is 3.34. The molecule has 0 fully saturated rings. The number of rotatable bonds is 7. The summed E-state index contributed by atoms with van der Waals surface area (Å²) in [5, 5.41) is 0. The molecule has 1 heteroatoms. The zero-order chi connectivity index (χ0) is 10.6. The van der Waals surface area contributed by atoms with Gasteiger partial charge < -0.3 is 0 Å². The fraction of sp³-hybridized carbons (Fsp3) is 0.692. The van der Waals surface area contributed by atoms with Crippen molar-refractivity contribution in [3.05, 3.63) is 11.1 Å². The Hall–Kier alpha value is -0.220. The van der Waals surface area contributed by atoms with Gasteiger partial charge in [0.05, 0.1) is 0 Å². The van der Waals surface area contributed by atoms with Crippen LogP contribution in [0.25, 0.3) is 0 Å². The summed E-state index contributed by atoms with van der Waals surface area (Å²) < 4.78 is 1.09. The molecule has 0 aromatic carbocycles. The third-order valence-electron chi connectivity index (χ3n) is 2.03. The zero-order valence-electron chi connectivity index (χ0n) is 9.24. The molecule has 0 amide bonds. The van der Waals surface area contributed by atoms with Crippen LogP contribution in [0, 0.1) is 11.8 Å². The summed E-state index contributed by atoms with van der Waals surface area (Å²) in [6.45, 7) is 6.03. The maximum atomic E-state index is 3.79. The molecule has 0 aromatic rings. The fourth-order valence-corrected chi connectivity index (χ4v) is 1.47. The van der Waals surface area contributed by atoms with Crippen molar-refractivity contribution in [3.8, 4) is 11.8 Å². The number of halogens is 1. The first-order chi connectivity index (χ1) is 6.77. The summed E-state index contributed by atoms with van der Waals surface area (Å²) in [4.78, 5) is 0. The van der Waals surface area contributed by atoms with E-state index in [0.29, 0.717) is 0 Å². The first kappa shape index (κ1) is 13.8. The fourth-order valence-electron chi connectivity index (χ4n) is 1.19. The number of allylic oxidation sites excluding steroid dienone is 1. The minimum atomic E-state index is 1.01. The number of hydrogen-bond acceptors (Lipinski definition) is 0. The molecule has 0 aliphatic heterocycles. The van der Waals surface area contributed by atoms with Crippen molar-refractivity contribution in [3.63, 3.8) is 0 Å². The van der Waals surface area contributed by atoms with E-state index < -0.39 is 0 Å². The molecule has 0 spiro atoms. The minimum absolute atomic E-state index is 1.01. The van der Waals surface area contributed by atoms with E-state index in [0.717, 1.165) is 30.2 Å². The maximum Gasteiger partial charge on any atom is 0.00920 e. The molecular weight excluding hydrogens is 236 g/mol. The monoisotopic (exact) mass is 256 g/mol. The second-order valence-corrected chi connectivity index (χ2v) is 4.66. The molecule has 0 nitrogen and oxygen atoms in total. The van der Waals surface area contributed by atoms with Crippen LogP contribution in [0.5, 0.6) is 0 Å². The van der Waals surface area contributed by atoms with E-state index in [1.807, 2.05) is 0 Å². The highest BCUT2D eigenvalue weighted by atomic mass is 79.9. The lowest BCUT2D eigenvalue weighted by atomic mass is 10.1. The van der Waals surface area contributed by atoms with Crippen LogP contribution in [0.3, 0.4) is 0 Å². The van der Waals surface area contributed by atoms with Crippen molar-refractivity contribution in [1.82, 2.24) is 0 Å². The molecule has 0 N–H and O–H groups in total. The summed E-state index contributed by atoms with van der Waals surface area (Å²) in [5.74, 6) is 6.43. The molecule has 0 bridgehead atoms. The van der Waals surface area contributed by atoms with Crippen molar-refractivity contribution in [2.24, 2.45) is 0 Å². The molecule has 0 radical (unpaired) electrons. The van der Waals surface area contributed by atoms with Gasteiger partial charge in [0.2, 0.25) is 0 Å². The largest absolute Gasteiger partial charge is 0.103 e. The topological polar surface area (TPSA) is 0 Å². The molecule has 14 heavy (non-hydrogen) atoms. The van der Waals surface area contributed by atoms with Gasteiger partial charge in [0.15, 0.2) is 0 Å². The first-order valence-electron chi connectivity index (χ1n) is 5.56. The summed E-state index contributed by atoms with van der Waals surface area (Å²) in [6, 6.07) is 0. The third-order valence-corrected chi connectivity index (χ3v) is 2.43. The quantitative estimate of drug-likeness (QED) is 0.442. The summed E-state index contributed by atoms with van der Waals surface area (Å²) in [6.07, 6.45) is 9.53. The van der Waals surface area contributed by atoms with Crippen molar-refractivity contribution in [1.29, 1.82) is 0 Å². The average Bonchev–Trinajstić information content (AvgIpc) is 2.15. The summed E-state index contributed by atoms with van der Waals surface area (Å²) in [5.41, 5.74) is 0. The third kappa shape index (κ3) is 11.8. The van der Waals surface area contributed by atoms with Crippen LogP contribution < -0.4 is 0 Å². The van der Waals surface area contributed by atoms with Crippen LogP contribution in [0.1, 0.15) is 58.3 Å². The predicted molar refractivity (Wildman–Crippen MR) is 68.5 cm³/mol. The molecule has 0 heterocycles. The molecule has 0 saturated carbocycles. The first-order valence-corrected chi connectivity index (χ1v) is 6.35. The number of hydrogen-bond donors (Lipinski definition) is 0. The van der Waals surface area contributed by atoms with Gasteiger partial charge in [-0.1, -0.05) is 48.7 Å². The van der Waals surface area contributed by atoms with Crippen LogP contribution >= 0.6 is 15.9 Å². The van der Waals surface area contributed by atoms with Crippen LogP contribution in [-0.4, -0.2) is 0 Å². The second-order valence-electron chi connectivity index (χ2n) is 3.54. The summed E-state index contributed by atoms with van der Waals surface area (Å²) in [7, 11) is 0. The molecule has 0 aliphatic carbocycles. The van der Waals surface area contributed by atoms with E-state index in [1.54, 1.807) is 0 Å². The van der Waals surface area contributed by atoms with Gasteiger partial charge in [-0.25, -0.2) is 0 Å². The second kappa shape index (κ2) is 10.9. The Labute approximate surface area is 97.3 Å². The van der Waals surface area contributed by atoms with Crippen molar-refractivity contribution < 1.29 is 0 Å². The molecule has 0 aromatic heterocycles. The zero-order valence-corrected chi connectivity index (χ0v) is 10.8. The van der Waals surface area contributed by atoms with Gasteiger partial charge >= 0.3 is 0 Å². The Kier molecular flexibility index (Phi) is 10.7. The lowest BCUT2D eigenvalue weighted by Crippen LogP contribution is -1.75. The Morgan fingerprint density at radius 3 is 2.29 bits per heavy atom. The highest BCUT2D eigenvalue weighted by Gasteiger charge is 1.86. The van der Waals surface area contributed by atoms with Crippen molar-refractivity contribution in [2.45, 2.75) is 58.3 Å². The van der Waals surface area contributed by atoms with Gasteiger partial charge in [0.25, 0.3) is 0 Å². The van der Waals surface area contributed by atoms with Gasteiger partial charge in [-0.2, -0.15) is 0 Å². The van der Waals surface area contributed by atoms with Gasteiger partial charge in [-0.3, -0.25) is 0 Å². The maximum absolute atomic E-state index is 3.79. The van der Waals surface area contributed by atoms with Gasteiger partial charge in [0.1, 0.15) is 0 Å². The smallest absolute Gasteiger partial charge is 0.00920 e.